The third kappa shape index (κ3) is 3.65. The van der Waals surface area contributed by atoms with Gasteiger partial charge in [0, 0.05) is 21.0 Å². The van der Waals surface area contributed by atoms with Crippen LogP contribution in [0.2, 0.25) is 0 Å². The first-order chi connectivity index (χ1) is 11.2. The molecule has 6 heteroatoms. The van der Waals surface area contributed by atoms with E-state index in [1.165, 1.54) is 11.3 Å². The fourth-order valence-electron chi connectivity index (χ4n) is 1.95. The molecule has 3 aromatic rings. The summed E-state index contributed by atoms with van der Waals surface area (Å²) in [5.41, 5.74) is 2.85. The average molecular weight is 384 g/mol. The van der Waals surface area contributed by atoms with E-state index in [9.17, 15) is 4.79 Å². The highest BCUT2D eigenvalue weighted by Gasteiger charge is 2.10. The van der Waals surface area contributed by atoms with Gasteiger partial charge in [-0.1, -0.05) is 28.1 Å². The fourth-order valence-corrected chi connectivity index (χ4v) is 2.93. The normalized spacial score (nSPS) is 10.1. The van der Waals surface area contributed by atoms with Crippen LogP contribution >= 0.6 is 27.3 Å². The molecular formula is C17H10BrN3OS. The quantitative estimate of drug-likeness (QED) is 0.712. The van der Waals surface area contributed by atoms with E-state index < -0.39 is 0 Å². The minimum absolute atomic E-state index is 0.196. The highest BCUT2D eigenvalue weighted by Crippen LogP contribution is 2.25. The summed E-state index contributed by atoms with van der Waals surface area (Å²) in [6.45, 7) is 0. The molecule has 0 unspecified atom stereocenters. The van der Waals surface area contributed by atoms with Crippen molar-refractivity contribution in [2.75, 3.05) is 5.32 Å². The first-order valence-electron chi connectivity index (χ1n) is 6.69. The molecular weight excluding hydrogens is 374 g/mol. The molecule has 0 aliphatic heterocycles. The molecule has 2 aromatic carbocycles. The zero-order chi connectivity index (χ0) is 16.2. The number of amides is 1. The lowest BCUT2D eigenvalue weighted by Gasteiger charge is -2.01. The average Bonchev–Trinajstić information content (AvgIpc) is 3.04. The number of hydrogen-bond acceptors (Lipinski definition) is 4. The number of thiazole rings is 1. The molecule has 0 saturated carbocycles. The van der Waals surface area contributed by atoms with Crippen molar-refractivity contribution in [2.24, 2.45) is 0 Å². The number of carbonyl (C=O) groups is 1. The molecule has 23 heavy (non-hydrogen) atoms. The first-order valence-corrected chi connectivity index (χ1v) is 8.36. The summed E-state index contributed by atoms with van der Waals surface area (Å²) >= 11 is 4.70. The number of aromatic nitrogens is 1. The van der Waals surface area contributed by atoms with Crippen molar-refractivity contribution < 1.29 is 4.79 Å². The molecule has 1 heterocycles. The largest absolute Gasteiger partial charge is 0.298 e. The predicted octanol–water partition coefficient (Wildman–Crippen LogP) is 4.70. The van der Waals surface area contributed by atoms with Crippen LogP contribution in [0, 0.1) is 11.3 Å². The number of rotatable bonds is 3. The van der Waals surface area contributed by atoms with E-state index in [-0.39, 0.29) is 5.91 Å². The van der Waals surface area contributed by atoms with Gasteiger partial charge < -0.3 is 0 Å². The lowest BCUT2D eigenvalue weighted by atomic mass is 10.1. The van der Waals surface area contributed by atoms with Crippen LogP contribution in [0.3, 0.4) is 0 Å². The van der Waals surface area contributed by atoms with Crippen LogP contribution in [0.1, 0.15) is 15.9 Å². The standard InChI is InChI=1S/C17H10BrN3OS/c18-14-7-5-13(6-8-14)16(22)21-17-20-15(10-23-17)12-3-1-11(9-19)2-4-12/h1-8,10H,(H,20,21,22). The Hall–Kier alpha value is -2.49. The van der Waals surface area contributed by atoms with E-state index in [0.29, 0.717) is 16.3 Å². The van der Waals surface area contributed by atoms with Crippen LogP contribution in [0.5, 0.6) is 0 Å². The molecule has 1 amide bonds. The Kier molecular flexibility index (Phi) is 4.51. The van der Waals surface area contributed by atoms with Crippen LogP contribution < -0.4 is 5.32 Å². The van der Waals surface area contributed by atoms with Crippen molar-refractivity contribution in [1.29, 1.82) is 5.26 Å². The SMILES string of the molecule is N#Cc1ccc(-c2csc(NC(=O)c3ccc(Br)cc3)n2)cc1. The third-order valence-corrected chi connectivity index (χ3v) is 4.43. The summed E-state index contributed by atoms with van der Waals surface area (Å²) < 4.78 is 0.923. The Morgan fingerprint density at radius 3 is 2.48 bits per heavy atom. The Morgan fingerprint density at radius 2 is 1.83 bits per heavy atom. The maximum absolute atomic E-state index is 12.2. The van der Waals surface area contributed by atoms with E-state index >= 15 is 0 Å². The molecule has 0 saturated heterocycles. The molecule has 1 aromatic heterocycles. The van der Waals surface area contributed by atoms with Gasteiger partial charge in [-0.25, -0.2) is 4.98 Å². The molecule has 0 aliphatic rings. The molecule has 0 spiro atoms. The monoisotopic (exact) mass is 383 g/mol. The second-order valence-corrected chi connectivity index (χ2v) is 6.46. The van der Waals surface area contributed by atoms with Crippen molar-refractivity contribution in [2.45, 2.75) is 0 Å². The molecule has 0 radical (unpaired) electrons. The first kappa shape index (κ1) is 15.4. The molecule has 3 rings (SSSR count). The maximum Gasteiger partial charge on any atom is 0.257 e. The van der Waals surface area contributed by atoms with Crippen LogP contribution in [-0.4, -0.2) is 10.9 Å². The van der Waals surface area contributed by atoms with Gasteiger partial charge >= 0.3 is 0 Å². The van der Waals surface area contributed by atoms with Crippen LogP contribution in [0.4, 0.5) is 5.13 Å². The van der Waals surface area contributed by atoms with E-state index in [1.54, 1.807) is 24.3 Å². The van der Waals surface area contributed by atoms with Gasteiger partial charge in [0.05, 0.1) is 17.3 Å². The van der Waals surface area contributed by atoms with Crippen LogP contribution in [0.25, 0.3) is 11.3 Å². The zero-order valence-corrected chi connectivity index (χ0v) is 14.2. The smallest absolute Gasteiger partial charge is 0.257 e. The topological polar surface area (TPSA) is 65.8 Å². The highest BCUT2D eigenvalue weighted by atomic mass is 79.9. The van der Waals surface area contributed by atoms with Gasteiger partial charge in [0.15, 0.2) is 5.13 Å². The number of halogens is 1. The maximum atomic E-state index is 12.2. The van der Waals surface area contributed by atoms with Gasteiger partial charge in [-0.2, -0.15) is 5.26 Å². The second-order valence-electron chi connectivity index (χ2n) is 4.69. The summed E-state index contributed by atoms with van der Waals surface area (Å²) in [6, 6.07) is 16.4. The minimum Gasteiger partial charge on any atom is -0.298 e. The number of hydrogen-bond donors (Lipinski definition) is 1. The van der Waals surface area contributed by atoms with Crippen molar-refractivity contribution in [3.05, 3.63) is 69.5 Å². The molecule has 4 nitrogen and oxygen atoms in total. The Labute approximate surface area is 145 Å². The summed E-state index contributed by atoms with van der Waals surface area (Å²) in [5.74, 6) is -0.196. The molecule has 0 aliphatic carbocycles. The highest BCUT2D eigenvalue weighted by molar-refractivity contribution is 9.10. The Bertz CT molecular complexity index is 879. The molecule has 0 bridgehead atoms. The van der Waals surface area contributed by atoms with Gasteiger partial charge in [-0.05, 0) is 36.4 Å². The third-order valence-electron chi connectivity index (χ3n) is 3.14. The van der Waals surface area contributed by atoms with E-state index in [4.69, 9.17) is 5.26 Å². The van der Waals surface area contributed by atoms with Crippen LogP contribution in [0.15, 0.2) is 58.4 Å². The lowest BCUT2D eigenvalue weighted by molar-refractivity contribution is 0.102. The van der Waals surface area contributed by atoms with Crippen molar-refractivity contribution in [3.63, 3.8) is 0 Å². The van der Waals surface area contributed by atoms with Crippen molar-refractivity contribution in [1.82, 2.24) is 4.98 Å². The number of carbonyl (C=O) groups excluding carboxylic acids is 1. The number of nitriles is 1. The number of benzene rings is 2. The second kappa shape index (κ2) is 6.73. The van der Waals surface area contributed by atoms with Crippen molar-refractivity contribution >= 4 is 38.3 Å². The van der Waals surface area contributed by atoms with E-state index in [1.807, 2.05) is 29.6 Å². The molecule has 1 N–H and O–H groups in total. The van der Waals surface area contributed by atoms with Gasteiger partial charge in [0.25, 0.3) is 5.91 Å². The van der Waals surface area contributed by atoms with Crippen molar-refractivity contribution in [3.8, 4) is 17.3 Å². The molecule has 0 atom stereocenters. The molecule has 112 valence electrons. The number of nitrogens with one attached hydrogen (secondary N) is 1. The van der Waals surface area contributed by atoms with Gasteiger partial charge in [-0.15, -0.1) is 11.3 Å². The van der Waals surface area contributed by atoms with Gasteiger partial charge in [0.2, 0.25) is 0 Å². The Balaban J connectivity index is 1.75. The summed E-state index contributed by atoms with van der Waals surface area (Å²) in [6.07, 6.45) is 0. The van der Waals surface area contributed by atoms with E-state index in [2.05, 4.69) is 32.3 Å². The van der Waals surface area contributed by atoms with E-state index in [0.717, 1.165) is 15.7 Å². The zero-order valence-electron chi connectivity index (χ0n) is 11.8. The minimum atomic E-state index is -0.196. The number of nitrogens with zero attached hydrogens (tertiary/aromatic N) is 2. The fraction of sp³-hybridized carbons (Fsp3) is 0. The van der Waals surface area contributed by atoms with Gasteiger partial charge in [-0.3, -0.25) is 10.1 Å². The summed E-state index contributed by atoms with van der Waals surface area (Å²) in [5, 5.41) is 14.0. The summed E-state index contributed by atoms with van der Waals surface area (Å²) in [7, 11) is 0. The molecule has 0 fully saturated rings. The predicted molar refractivity (Wildman–Crippen MR) is 94.4 cm³/mol. The van der Waals surface area contributed by atoms with Crippen LogP contribution in [-0.2, 0) is 0 Å². The Morgan fingerprint density at radius 1 is 1.13 bits per heavy atom. The lowest BCUT2D eigenvalue weighted by Crippen LogP contribution is -2.11. The number of anilines is 1. The summed E-state index contributed by atoms with van der Waals surface area (Å²) in [4.78, 5) is 16.6. The van der Waals surface area contributed by atoms with Gasteiger partial charge in [0.1, 0.15) is 0 Å².